The molecule has 0 atom stereocenters. The van der Waals surface area contributed by atoms with Crippen LogP contribution in [0.25, 0.3) is 0 Å². The van der Waals surface area contributed by atoms with Gasteiger partial charge in [0.2, 0.25) is 5.91 Å². The Morgan fingerprint density at radius 3 is 2.48 bits per heavy atom. The van der Waals surface area contributed by atoms with Crippen molar-refractivity contribution in [3.63, 3.8) is 0 Å². The van der Waals surface area contributed by atoms with Crippen molar-refractivity contribution < 1.29 is 9.59 Å². The van der Waals surface area contributed by atoms with Gasteiger partial charge in [-0.25, -0.2) is 0 Å². The lowest BCUT2D eigenvalue weighted by molar-refractivity contribution is -0.121. The molecule has 5 heteroatoms. The molecule has 1 aromatic heterocycles. The standard InChI is InChI=1S/C16H18N2O2S/c1-2-12-5-7-13(8-6-12)16(20)18-17-15(19)10-9-14-4-3-11-21-14/h3-8,11H,2,9-10H2,1H3,(H,17,19)(H,18,20). The van der Waals surface area contributed by atoms with E-state index in [9.17, 15) is 9.59 Å². The minimum absolute atomic E-state index is 0.193. The lowest BCUT2D eigenvalue weighted by atomic mass is 10.1. The van der Waals surface area contributed by atoms with Gasteiger partial charge in [-0.05, 0) is 42.0 Å². The summed E-state index contributed by atoms with van der Waals surface area (Å²) in [6.07, 6.45) is 1.97. The monoisotopic (exact) mass is 302 g/mol. The van der Waals surface area contributed by atoms with Gasteiger partial charge in [0.25, 0.3) is 5.91 Å². The highest BCUT2D eigenvalue weighted by Crippen LogP contribution is 2.10. The van der Waals surface area contributed by atoms with Gasteiger partial charge in [-0.2, -0.15) is 0 Å². The second-order valence-electron chi connectivity index (χ2n) is 4.63. The highest BCUT2D eigenvalue weighted by atomic mass is 32.1. The summed E-state index contributed by atoms with van der Waals surface area (Å²) in [6.45, 7) is 2.06. The van der Waals surface area contributed by atoms with E-state index in [-0.39, 0.29) is 11.8 Å². The molecule has 0 radical (unpaired) electrons. The second kappa shape index (κ2) is 7.59. The molecule has 0 saturated carbocycles. The lowest BCUT2D eigenvalue weighted by Gasteiger charge is -2.07. The normalized spacial score (nSPS) is 10.1. The molecule has 0 fully saturated rings. The first-order valence-corrected chi connectivity index (χ1v) is 7.77. The van der Waals surface area contributed by atoms with Crippen molar-refractivity contribution >= 4 is 23.2 Å². The highest BCUT2D eigenvalue weighted by Gasteiger charge is 2.07. The Bertz CT molecular complexity index is 591. The number of nitrogens with one attached hydrogen (secondary N) is 2. The van der Waals surface area contributed by atoms with Gasteiger partial charge in [0.15, 0.2) is 0 Å². The van der Waals surface area contributed by atoms with Crippen LogP contribution >= 0.6 is 11.3 Å². The van der Waals surface area contributed by atoms with Crippen molar-refractivity contribution in [3.05, 3.63) is 57.8 Å². The molecule has 0 aliphatic heterocycles. The van der Waals surface area contributed by atoms with Crippen molar-refractivity contribution in [1.29, 1.82) is 0 Å². The van der Waals surface area contributed by atoms with E-state index in [2.05, 4.69) is 17.8 Å². The van der Waals surface area contributed by atoms with E-state index >= 15 is 0 Å². The predicted molar refractivity (Wildman–Crippen MR) is 84.1 cm³/mol. The van der Waals surface area contributed by atoms with Gasteiger partial charge in [0.1, 0.15) is 0 Å². The van der Waals surface area contributed by atoms with E-state index in [1.165, 1.54) is 5.56 Å². The molecule has 0 unspecified atom stereocenters. The third-order valence-corrected chi connectivity index (χ3v) is 4.05. The van der Waals surface area contributed by atoms with E-state index in [1.807, 2.05) is 29.6 Å². The molecule has 2 amide bonds. The number of benzene rings is 1. The fraction of sp³-hybridized carbons (Fsp3) is 0.250. The fourth-order valence-electron chi connectivity index (χ4n) is 1.84. The van der Waals surface area contributed by atoms with Gasteiger partial charge in [0, 0.05) is 16.9 Å². The number of rotatable bonds is 5. The van der Waals surface area contributed by atoms with Crippen LogP contribution in [0.2, 0.25) is 0 Å². The van der Waals surface area contributed by atoms with Crippen LogP contribution in [0.4, 0.5) is 0 Å². The number of amides is 2. The van der Waals surface area contributed by atoms with Crippen LogP contribution in [-0.2, 0) is 17.6 Å². The Morgan fingerprint density at radius 1 is 1.10 bits per heavy atom. The summed E-state index contributed by atoms with van der Waals surface area (Å²) in [4.78, 5) is 24.7. The summed E-state index contributed by atoms with van der Waals surface area (Å²) < 4.78 is 0. The van der Waals surface area contributed by atoms with Crippen LogP contribution in [0.5, 0.6) is 0 Å². The molecular weight excluding hydrogens is 284 g/mol. The topological polar surface area (TPSA) is 58.2 Å². The quantitative estimate of drug-likeness (QED) is 0.834. The number of hydrogen-bond donors (Lipinski definition) is 2. The minimum atomic E-state index is -0.304. The number of carbonyl (C=O) groups is 2. The van der Waals surface area contributed by atoms with Crippen LogP contribution < -0.4 is 10.9 Å². The van der Waals surface area contributed by atoms with Crippen molar-refractivity contribution in [2.24, 2.45) is 0 Å². The Hall–Kier alpha value is -2.14. The van der Waals surface area contributed by atoms with Crippen molar-refractivity contribution in [2.75, 3.05) is 0 Å². The zero-order valence-electron chi connectivity index (χ0n) is 11.9. The highest BCUT2D eigenvalue weighted by molar-refractivity contribution is 7.09. The SMILES string of the molecule is CCc1ccc(C(=O)NNC(=O)CCc2cccs2)cc1. The molecule has 4 nitrogen and oxygen atoms in total. The van der Waals surface area contributed by atoms with Crippen LogP contribution in [0.1, 0.15) is 34.1 Å². The molecule has 0 aliphatic carbocycles. The molecule has 0 saturated heterocycles. The number of hydrazine groups is 1. The predicted octanol–water partition coefficient (Wildman–Crippen LogP) is 2.70. The number of thiophene rings is 1. The fourth-order valence-corrected chi connectivity index (χ4v) is 2.55. The van der Waals surface area contributed by atoms with Crippen LogP contribution in [-0.4, -0.2) is 11.8 Å². The summed E-state index contributed by atoms with van der Waals surface area (Å²) in [5, 5.41) is 1.98. The first-order chi connectivity index (χ1) is 10.2. The van der Waals surface area contributed by atoms with Gasteiger partial charge < -0.3 is 0 Å². The zero-order chi connectivity index (χ0) is 15.1. The van der Waals surface area contributed by atoms with Crippen LogP contribution in [0, 0.1) is 0 Å². The van der Waals surface area contributed by atoms with Gasteiger partial charge >= 0.3 is 0 Å². The van der Waals surface area contributed by atoms with E-state index in [4.69, 9.17) is 0 Å². The van der Waals surface area contributed by atoms with E-state index in [0.29, 0.717) is 18.4 Å². The minimum Gasteiger partial charge on any atom is -0.273 e. The first kappa shape index (κ1) is 15.3. The maximum atomic E-state index is 11.9. The number of carbonyl (C=O) groups excluding carboxylic acids is 2. The first-order valence-electron chi connectivity index (χ1n) is 6.89. The molecule has 110 valence electrons. The zero-order valence-corrected chi connectivity index (χ0v) is 12.7. The van der Waals surface area contributed by atoms with Gasteiger partial charge in [-0.15, -0.1) is 11.3 Å². The smallest absolute Gasteiger partial charge is 0.269 e. The van der Waals surface area contributed by atoms with Gasteiger partial charge in [-0.1, -0.05) is 25.1 Å². The number of hydrogen-bond acceptors (Lipinski definition) is 3. The van der Waals surface area contributed by atoms with Gasteiger partial charge in [0.05, 0.1) is 0 Å². The molecule has 1 aromatic carbocycles. The molecule has 21 heavy (non-hydrogen) atoms. The summed E-state index contributed by atoms with van der Waals surface area (Å²) >= 11 is 1.62. The Balaban J connectivity index is 1.76. The average molecular weight is 302 g/mol. The molecule has 0 bridgehead atoms. The maximum Gasteiger partial charge on any atom is 0.269 e. The third-order valence-electron chi connectivity index (χ3n) is 3.12. The summed E-state index contributed by atoms with van der Waals surface area (Å²) in [7, 11) is 0. The summed E-state index contributed by atoms with van der Waals surface area (Å²) in [5.41, 5.74) is 6.58. The van der Waals surface area contributed by atoms with Crippen molar-refractivity contribution in [3.8, 4) is 0 Å². The Kier molecular flexibility index (Phi) is 5.51. The average Bonchev–Trinajstić information content (AvgIpc) is 3.04. The van der Waals surface area contributed by atoms with Gasteiger partial charge in [-0.3, -0.25) is 20.4 Å². The molecule has 0 aliphatic rings. The third kappa shape index (κ3) is 4.72. The Labute approximate surface area is 128 Å². The van der Waals surface area contributed by atoms with Crippen molar-refractivity contribution in [2.45, 2.75) is 26.2 Å². The number of aryl methyl sites for hydroxylation is 2. The summed E-state index contributed by atoms with van der Waals surface area (Å²) in [6, 6.07) is 11.3. The molecular formula is C16H18N2O2S. The van der Waals surface area contributed by atoms with Crippen LogP contribution in [0.3, 0.4) is 0 Å². The molecule has 2 aromatic rings. The van der Waals surface area contributed by atoms with E-state index < -0.39 is 0 Å². The van der Waals surface area contributed by atoms with Crippen LogP contribution in [0.15, 0.2) is 41.8 Å². The van der Waals surface area contributed by atoms with E-state index in [1.54, 1.807) is 23.5 Å². The molecule has 0 spiro atoms. The maximum absolute atomic E-state index is 11.9. The molecule has 2 N–H and O–H groups in total. The van der Waals surface area contributed by atoms with Crippen molar-refractivity contribution in [1.82, 2.24) is 10.9 Å². The Morgan fingerprint density at radius 2 is 1.86 bits per heavy atom. The molecule has 2 rings (SSSR count). The lowest BCUT2D eigenvalue weighted by Crippen LogP contribution is -2.41. The summed E-state index contributed by atoms with van der Waals surface area (Å²) in [5.74, 6) is -0.496. The van der Waals surface area contributed by atoms with E-state index in [0.717, 1.165) is 11.3 Å². The largest absolute Gasteiger partial charge is 0.273 e. The molecule has 1 heterocycles. The second-order valence-corrected chi connectivity index (χ2v) is 5.66.